The van der Waals surface area contributed by atoms with Crippen molar-refractivity contribution < 1.29 is 34.2 Å². The predicted octanol–water partition coefficient (Wildman–Crippen LogP) is -2.55. The van der Waals surface area contributed by atoms with E-state index in [2.05, 4.69) is 20.9 Å². The molecule has 14 heteroatoms. The minimum atomic E-state index is -1.32. The summed E-state index contributed by atoms with van der Waals surface area (Å²) in [5.41, 5.74) is 16.4. The number of hydrogen-bond acceptors (Lipinski definition) is 7. The van der Waals surface area contributed by atoms with E-state index in [9.17, 15) is 24.0 Å². The fourth-order valence-electron chi connectivity index (χ4n) is 2.76. The molecule has 0 aliphatic heterocycles. The third-order valence-corrected chi connectivity index (χ3v) is 4.33. The van der Waals surface area contributed by atoms with E-state index in [1.165, 1.54) is 0 Å². The van der Waals surface area contributed by atoms with Gasteiger partial charge in [0.15, 0.2) is 5.96 Å². The fraction of sp³-hybridized carbons (Fsp3) is 0.684. The summed E-state index contributed by atoms with van der Waals surface area (Å²) in [6.45, 7) is 3.24. The first kappa shape index (κ1) is 29.6. The van der Waals surface area contributed by atoms with Crippen molar-refractivity contribution >= 4 is 35.6 Å². The Bertz CT molecular complexity index is 723. The highest BCUT2D eigenvalue weighted by molar-refractivity contribution is 5.93. The van der Waals surface area contributed by atoms with Crippen LogP contribution in [0.3, 0.4) is 0 Å². The first-order valence-electron chi connectivity index (χ1n) is 10.5. The van der Waals surface area contributed by atoms with Gasteiger partial charge in [0.05, 0.1) is 6.04 Å². The van der Waals surface area contributed by atoms with Crippen molar-refractivity contribution in [2.45, 2.75) is 64.1 Å². The standard InChI is InChI=1S/C19H35N7O7/c1-10(2)8-11(20)16(31)25-12(4-3-7-23-19(21)22)18(33)26-13(5-6-14(27)28)17(32)24-9-15(29)30/h10-13H,3-9,20H2,1-2H3,(H,24,32)(H,25,31)(H,26,33)(H,27,28)(H,29,30)(H4,21,22,23). The lowest BCUT2D eigenvalue weighted by Gasteiger charge is -2.24. The minimum absolute atomic E-state index is 0.102. The number of carboxylic acid groups (broad SMARTS) is 2. The predicted molar refractivity (Wildman–Crippen MR) is 119 cm³/mol. The molecule has 33 heavy (non-hydrogen) atoms. The van der Waals surface area contributed by atoms with E-state index in [-0.39, 0.29) is 31.3 Å². The summed E-state index contributed by atoms with van der Waals surface area (Å²) in [4.78, 5) is 63.0. The number of aliphatic carboxylic acids is 2. The third-order valence-electron chi connectivity index (χ3n) is 4.33. The van der Waals surface area contributed by atoms with Crippen LogP contribution in [0.4, 0.5) is 0 Å². The van der Waals surface area contributed by atoms with Gasteiger partial charge < -0.3 is 43.4 Å². The molecule has 14 nitrogen and oxygen atoms in total. The highest BCUT2D eigenvalue weighted by Gasteiger charge is 2.28. The molecule has 0 aliphatic carbocycles. The summed E-state index contributed by atoms with van der Waals surface area (Å²) < 4.78 is 0. The van der Waals surface area contributed by atoms with Crippen LogP contribution in [0.2, 0.25) is 0 Å². The van der Waals surface area contributed by atoms with E-state index in [1.807, 2.05) is 13.8 Å². The molecule has 3 atom stereocenters. The van der Waals surface area contributed by atoms with Crippen molar-refractivity contribution in [3.05, 3.63) is 0 Å². The quantitative estimate of drug-likeness (QED) is 0.0661. The summed E-state index contributed by atoms with van der Waals surface area (Å²) in [5, 5.41) is 24.6. The second-order valence-corrected chi connectivity index (χ2v) is 7.85. The fourth-order valence-corrected chi connectivity index (χ4v) is 2.76. The Hall–Kier alpha value is -3.42. The number of nitrogens with zero attached hydrogens (tertiary/aromatic N) is 1. The zero-order chi connectivity index (χ0) is 25.6. The Labute approximate surface area is 191 Å². The van der Waals surface area contributed by atoms with Gasteiger partial charge in [0.2, 0.25) is 17.7 Å². The minimum Gasteiger partial charge on any atom is -0.481 e. The lowest BCUT2D eigenvalue weighted by molar-refractivity contribution is -0.140. The average molecular weight is 474 g/mol. The van der Waals surface area contributed by atoms with E-state index >= 15 is 0 Å². The average Bonchev–Trinajstić information content (AvgIpc) is 2.70. The number of nitrogens with one attached hydrogen (secondary N) is 3. The molecule has 0 aromatic carbocycles. The summed E-state index contributed by atoms with van der Waals surface area (Å²) >= 11 is 0. The molecule has 188 valence electrons. The number of amides is 3. The van der Waals surface area contributed by atoms with Crippen molar-refractivity contribution in [3.8, 4) is 0 Å². The molecule has 0 radical (unpaired) electrons. The van der Waals surface area contributed by atoms with Crippen molar-refractivity contribution in [1.29, 1.82) is 0 Å². The maximum absolute atomic E-state index is 12.9. The van der Waals surface area contributed by atoms with Gasteiger partial charge in [-0.2, -0.15) is 0 Å². The van der Waals surface area contributed by atoms with Gasteiger partial charge in [-0.05, 0) is 31.6 Å². The van der Waals surface area contributed by atoms with E-state index in [0.29, 0.717) is 12.8 Å². The van der Waals surface area contributed by atoms with Gasteiger partial charge in [-0.3, -0.25) is 29.0 Å². The number of hydrogen-bond donors (Lipinski definition) is 8. The van der Waals surface area contributed by atoms with Gasteiger partial charge in [0.25, 0.3) is 0 Å². The Kier molecular flexibility index (Phi) is 13.8. The molecule has 0 rings (SSSR count). The van der Waals surface area contributed by atoms with Gasteiger partial charge in [-0.15, -0.1) is 0 Å². The Morgan fingerprint density at radius 1 is 0.879 bits per heavy atom. The van der Waals surface area contributed by atoms with Crippen LogP contribution < -0.4 is 33.2 Å². The van der Waals surface area contributed by atoms with Crippen LogP contribution in [-0.4, -0.2) is 77.0 Å². The molecule has 0 aliphatic rings. The Morgan fingerprint density at radius 2 is 1.45 bits per heavy atom. The summed E-state index contributed by atoms with van der Waals surface area (Å²) in [7, 11) is 0. The topological polar surface area (TPSA) is 252 Å². The van der Waals surface area contributed by atoms with Crippen LogP contribution in [-0.2, 0) is 24.0 Å². The van der Waals surface area contributed by atoms with E-state index < -0.39 is 60.8 Å². The molecular formula is C19H35N7O7. The molecule has 0 bridgehead atoms. The SMILES string of the molecule is CC(C)CC(N)C(=O)NC(CCCN=C(N)N)C(=O)NC(CCC(=O)O)C(=O)NCC(=O)O. The van der Waals surface area contributed by atoms with Crippen molar-refractivity contribution in [2.24, 2.45) is 28.1 Å². The van der Waals surface area contributed by atoms with E-state index in [1.54, 1.807) is 0 Å². The molecule has 0 aromatic rings. The Balaban J connectivity index is 5.41. The summed E-state index contributed by atoms with van der Waals surface area (Å²) in [6, 6.07) is -3.29. The molecule has 0 aromatic heterocycles. The number of nitrogens with two attached hydrogens (primary N) is 3. The molecule has 3 amide bonds. The molecule has 0 fully saturated rings. The van der Waals surface area contributed by atoms with Crippen molar-refractivity contribution in [3.63, 3.8) is 0 Å². The van der Waals surface area contributed by atoms with Gasteiger partial charge in [0.1, 0.15) is 18.6 Å². The summed E-state index contributed by atoms with van der Waals surface area (Å²) in [5.74, 6) is -4.71. The van der Waals surface area contributed by atoms with Crippen LogP contribution in [0.15, 0.2) is 4.99 Å². The zero-order valence-electron chi connectivity index (χ0n) is 18.9. The Morgan fingerprint density at radius 3 is 1.97 bits per heavy atom. The van der Waals surface area contributed by atoms with Crippen LogP contribution in [0.25, 0.3) is 0 Å². The van der Waals surface area contributed by atoms with Gasteiger partial charge >= 0.3 is 11.9 Å². The molecular weight excluding hydrogens is 438 g/mol. The molecule has 11 N–H and O–H groups in total. The third kappa shape index (κ3) is 14.3. The molecule has 0 saturated heterocycles. The maximum Gasteiger partial charge on any atom is 0.322 e. The van der Waals surface area contributed by atoms with Gasteiger partial charge in [0, 0.05) is 13.0 Å². The number of rotatable bonds is 16. The largest absolute Gasteiger partial charge is 0.481 e. The first-order valence-corrected chi connectivity index (χ1v) is 10.5. The molecule has 0 spiro atoms. The second kappa shape index (κ2) is 15.4. The monoisotopic (exact) mass is 473 g/mol. The smallest absolute Gasteiger partial charge is 0.322 e. The number of guanidine groups is 1. The lowest BCUT2D eigenvalue weighted by atomic mass is 10.0. The molecule has 0 saturated carbocycles. The van der Waals surface area contributed by atoms with Crippen molar-refractivity contribution in [2.75, 3.05) is 13.1 Å². The van der Waals surface area contributed by atoms with E-state index in [4.69, 9.17) is 27.4 Å². The van der Waals surface area contributed by atoms with Crippen LogP contribution in [0.1, 0.15) is 46.0 Å². The zero-order valence-corrected chi connectivity index (χ0v) is 18.9. The van der Waals surface area contributed by atoms with Crippen LogP contribution >= 0.6 is 0 Å². The van der Waals surface area contributed by atoms with Gasteiger partial charge in [-0.1, -0.05) is 13.8 Å². The molecule has 0 heterocycles. The lowest BCUT2D eigenvalue weighted by Crippen LogP contribution is -2.56. The first-order chi connectivity index (χ1) is 15.3. The number of aliphatic imine (C=N–C) groups is 1. The molecule has 3 unspecified atom stereocenters. The van der Waals surface area contributed by atoms with Gasteiger partial charge in [-0.25, -0.2) is 0 Å². The number of carbonyl (C=O) groups excluding carboxylic acids is 3. The van der Waals surface area contributed by atoms with Crippen molar-refractivity contribution in [1.82, 2.24) is 16.0 Å². The second-order valence-electron chi connectivity index (χ2n) is 7.85. The number of carbonyl (C=O) groups is 5. The summed E-state index contributed by atoms with van der Waals surface area (Å²) in [6.07, 6.45) is 0.0547. The number of carboxylic acids is 2. The van der Waals surface area contributed by atoms with Crippen LogP contribution in [0, 0.1) is 5.92 Å². The highest BCUT2D eigenvalue weighted by Crippen LogP contribution is 2.06. The van der Waals surface area contributed by atoms with E-state index in [0.717, 1.165) is 0 Å². The van der Waals surface area contributed by atoms with Crippen LogP contribution in [0.5, 0.6) is 0 Å². The highest BCUT2D eigenvalue weighted by atomic mass is 16.4. The normalized spacial score (nSPS) is 13.3. The maximum atomic E-state index is 12.9.